The number of rotatable bonds is 7. The van der Waals surface area contributed by atoms with Crippen LogP contribution in [-0.4, -0.2) is 26.0 Å². The number of aliphatic hydroxyl groups excluding tert-OH is 1. The molecule has 4 rings (SSSR count). The van der Waals surface area contributed by atoms with E-state index in [2.05, 4.69) is 41.4 Å². The normalized spacial score (nSPS) is 17.3. The van der Waals surface area contributed by atoms with Crippen LogP contribution in [0, 0.1) is 0 Å². The highest BCUT2D eigenvalue weighted by Gasteiger charge is 2.24. The van der Waals surface area contributed by atoms with Gasteiger partial charge in [0.1, 0.15) is 0 Å². The van der Waals surface area contributed by atoms with E-state index in [0.29, 0.717) is 6.54 Å². The topological polar surface area (TPSA) is 38.0 Å². The molecule has 1 aromatic heterocycles. The number of hydrogen-bond donors (Lipinski definition) is 1. The molecule has 3 nitrogen and oxygen atoms in total. The van der Waals surface area contributed by atoms with Crippen molar-refractivity contribution < 1.29 is 5.11 Å². The summed E-state index contributed by atoms with van der Waals surface area (Å²) < 4.78 is 1.94. The summed E-state index contributed by atoms with van der Waals surface area (Å²) in [6.45, 7) is 0.526. The molecule has 0 aliphatic heterocycles. The Morgan fingerprint density at radius 3 is 2.36 bits per heavy atom. The van der Waals surface area contributed by atoms with Crippen molar-refractivity contribution in [2.45, 2.75) is 60.8 Å². The Hall–Kier alpha value is -2.04. The summed E-state index contributed by atoms with van der Waals surface area (Å²) >= 11 is 2.02. The standard InChI is InChI=1S/C24H28N2OS/c27-23(17-26-16-15-25-18-26)24(19-7-3-1-4-8-19)20-11-13-22(14-12-20)28-21-9-5-2-6-10-21/h1,3-4,7-8,11-16,18,21,23-24,27H,2,5-6,9-10,17H2. The van der Waals surface area contributed by atoms with E-state index in [1.807, 2.05) is 40.7 Å². The van der Waals surface area contributed by atoms with Crippen LogP contribution in [0.3, 0.4) is 0 Å². The summed E-state index contributed by atoms with van der Waals surface area (Å²) in [4.78, 5) is 5.44. The van der Waals surface area contributed by atoms with Crippen molar-refractivity contribution in [3.63, 3.8) is 0 Å². The molecule has 0 spiro atoms. The summed E-state index contributed by atoms with van der Waals surface area (Å²) in [5.74, 6) is -0.0580. The van der Waals surface area contributed by atoms with Crippen LogP contribution in [0.5, 0.6) is 0 Å². The molecule has 1 aliphatic carbocycles. The van der Waals surface area contributed by atoms with Crippen molar-refractivity contribution in [3.05, 3.63) is 84.4 Å². The van der Waals surface area contributed by atoms with Crippen LogP contribution in [0.4, 0.5) is 0 Å². The molecule has 2 atom stereocenters. The van der Waals surface area contributed by atoms with Gasteiger partial charge in [0.05, 0.1) is 19.0 Å². The van der Waals surface area contributed by atoms with E-state index in [1.54, 1.807) is 12.5 Å². The molecular formula is C24H28N2OS. The Morgan fingerprint density at radius 2 is 1.68 bits per heavy atom. The third kappa shape index (κ3) is 4.86. The first-order chi connectivity index (χ1) is 13.8. The first-order valence-electron chi connectivity index (χ1n) is 10.2. The molecule has 1 N–H and O–H groups in total. The van der Waals surface area contributed by atoms with E-state index in [4.69, 9.17) is 0 Å². The van der Waals surface area contributed by atoms with Gasteiger partial charge in [-0.1, -0.05) is 61.7 Å². The van der Waals surface area contributed by atoms with Crippen LogP contribution in [0.25, 0.3) is 0 Å². The number of thioether (sulfide) groups is 1. The van der Waals surface area contributed by atoms with Crippen molar-refractivity contribution >= 4 is 11.8 Å². The van der Waals surface area contributed by atoms with Crippen LogP contribution in [-0.2, 0) is 6.54 Å². The fraction of sp³-hybridized carbons (Fsp3) is 0.375. The summed E-state index contributed by atoms with van der Waals surface area (Å²) in [6, 6.07) is 19.2. The SMILES string of the molecule is OC(Cn1ccnc1)C(c1ccccc1)c1ccc(SC2CCCCC2)cc1. The molecule has 2 aromatic carbocycles. The Bertz CT molecular complexity index is 827. The molecule has 0 bridgehead atoms. The van der Waals surface area contributed by atoms with Gasteiger partial charge in [-0.25, -0.2) is 4.98 Å². The zero-order valence-corrected chi connectivity index (χ0v) is 17.0. The number of imidazole rings is 1. The molecule has 0 amide bonds. The minimum atomic E-state index is -0.520. The molecule has 1 aliphatic rings. The van der Waals surface area contributed by atoms with E-state index < -0.39 is 6.10 Å². The maximum atomic E-state index is 11.1. The Kier molecular flexibility index (Phi) is 6.50. The first kappa shape index (κ1) is 19.3. The Balaban J connectivity index is 1.53. The molecule has 146 valence electrons. The molecule has 28 heavy (non-hydrogen) atoms. The van der Waals surface area contributed by atoms with Crippen LogP contribution >= 0.6 is 11.8 Å². The average molecular weight is 393 g/mol. The maximum absolute atomic E-state index is 11.1. The molecule has 0 saturated heterocycles. The van der Waals surface area contributed by atoms with Gasteiger partial charge in [0.15, 0.2) is 0 Å². The van der Waals surface area contributed by atoms with Crippen molar-refractivity contribution in [3.8, 4) is 0 Å². The van der Waals surface area contributed by atoms with Gasteiger partial charge in [-0.05, 0) is 36.1 Å². The maximum Gasteiger partial charge on any atom is 0.0946 e. The second-order valence-corrected chi connectivity index (χ2v) is 9.04. The van der Waals surface area contributed by atoms with Crippen LogP contribution in [0.15, 0.2) is 78.2 Å². The van der Waals surface area contributed by atoms with Gasteiger partial charge >= 0.3 is 0 Å². The lowest BCUT2D eigenvalue weighted by molar-refractivity contribution is 0.136. The molecule has 1 fully saturated rings. The summed E-state index contributed by atoms with van der Waals surface area (Å²) in [7, 11) is 0. The smallest absolute Gasteiger partial charge is 0.0946 e. The second-order valence-electron chi connectivity index (χ2n) is 7.66. The average Bonchev–Trinajstić information content (AvgIpc) is 3.24. The third-order valence-corrected chi connectivity index (χ3v) is 6.94. The van der Waals surface area contributed by atoms with E-state index in [0.717, 1.165) is 16.4 Å². The number of nitrogens with zero attached hydrogens (tertiary/aromatic N) is 2. The van der Waals surface area contributed by atoms with Crippen molar-refractivity contribution in [2.24, 2.45) is 0 Å². The number of hydrogen-bond acceptors (Lipinski definition) is 3. The fourth-order valence-electron chi connectivity index (χ4n) is 4.14. The number of aliphatic hydroxyl groups is 1. The van der Waals surface area contributed by atoms with Gasteiger partial charge in [0.2, 0.25) is 0 Å². The van der Waals surface area contributed by atoms with E-state index >= 15 is 0 Å². The molecule has 1 heterocycles. The van der Waals surface area contributed by atoms with Crippen LogP contribution in [0.1, 0.15) is 49.1 Å². The lowest BCUT2D eigenvalue weighted by Gasteiger charge is -2.25. The molecular weight excluding hydrogens is 364 g/mol. The minimum absolute atomic E-state index is 0.0580. The number of aromatic nitrogens is 2. The molecule has 2 unspecified atom stereocenters. The highest BCUT2D eigenvalue weighted by molar-refractivity contribution is 8.00. The zero-order valence-electron chi connectivity index (χ0n) is 16.2. The predicted octanol–water partition coefficient (Wildman–Crippen LogP) is 5.50. The van der Waals surface area contributed by atoms with Crippen molar-refractivity contribution in [1.29, 1.82) is 0 Å². The van der Waals surface area contributed by atoms with Gasteiger partial charge in [0, 0.05) is 28.5 Å². The van der Waals surface area contributed by atoms with Gasteiger partial charge in [-0.2, -0.15) is 0 Å². The monoisotopic (exact) mass is 392 g/mol. The molecule has 3 aromatic rings. The van der Waals surface area contributed by atoms with Crippen molar-refractivity contribution in [1.82, 2.24) is 9.55 Å². The van der Waals surface area contributed by atoms with E-state index in [9.17, 15) is 5.11 Å². The largest absolute Gasteiger partial charge is 0.390 e. The van der Waals surface area contributed by atoms with Crippen LogP contribution < -0.4 is 0 Å². The van der Waals surface area contributed by atoms with E-state index in [-0.39, 0.29) is 5.92 Å². The fourth-order valence-corrected chi connectivity index (χ4v) is 5.39. The second kappa shape index (κ2) is 9.44. The van der Waals surface area contributed by atoms with Gasteiger partial charge in [-0.15, -0.1) is 11.8 Å². The minimum Gasteiger partial charge on any atom is -0.390 e. The quantitative estimate of drug-likeness (QED) is 0.577. The zero-order chi connectivity index (χ0) is 19.2. The lowest BCUT2D eigenvalue weighted by Crippen LogP contribution is -2.24. The summed E-state index contributed by atoms with van der Waals surface area (Å²) in [5.41, 5.74) is 2.30. The highest BCUT2D eigenvalue weighted by atomic mass is 32.2. The predicted molar refractivity (Wildman–Crippen MR) is 116 cm³/mol. The molecule has 1 saturated carbocycles. The third-order valence-electron chi connectivity index (χ3n) is 5.59. The Morgan fingerprint density at radius 1 is 0.964 bits per heavy atom. The van der Waals surface area contributed by atoms with Gasteiger partial charge in [0.25, 0.3) is 0 Å². The van der Waals surface area contributed by atoms with Crippen molar-refractivity contribution in [2.75, 3.05) is 0 Å². The lowest BCUT2D eigenvalue weighted by atomic mass is 9.86. The highest BCUT2D eigenvalue weighted by Crippen LogP contribution is 2.35. The first-order valence-corrected chi connectivity index (χ1v) is 11.1. The molecule has 0 radical (unpaired) electrons. The van der Waals surface area contributed by atoms with Crippen LogP contribution in [0.2, 0.25) is 0 Å². The van der Waals surface area contributed by atoms with Gasteiger partial charge in [-0.3, -0.25) is 0 Å². The summed E-state index contributed by atoms with van der Waals surface area (Å²) in [6.07, 6.45) is 11.7. The Labute approximate surface area is 171 Å². The number of benzene rings is 2. The summed E-state index contributed by atoms with van der Waals surface area (Å²) in [5, 5.41) is 11.8. The van der Waals surface area contributed by atoms with Gasteiger partial charge < -0.3 is 9.67 Å². The van der Waals surface area contributed by atoms with E-state index in [1.165, 1.54) is 37.0 Å². The molecule has 4 heteroatoms.